The zero-order valence-corrected chi connectivity index (χ0v) is 11.2. The van der Waals surface area contributed by atoms with Crippen molar-refractivity contribution in [2.75, 3.05) is 6.54 Å². The smallest absolute Gasteiger partial charge is 0.277 e. The maximum Gasteiger partial charge on any atom is 0.277 e. The molecule has 4 N–H and O–H groups in total. The maximum absolute atomic E-state index is 12.0. The second-order valence-corrected chi connectivity index (χ2v) is 6.95. The van der Waals surface area contributed by atoms with E-state index >= 15 is 0 Å². The van der Waals surface area contributed by atoms with Crippen LogP contribution in [0.1, 0.15) is 45.4 Å². The summed E-state index contributed by atoms with van der Waals surface area (Å²) < 4.78 is 29.4. The Kier molecular flexibility index (Phi) is 3.77. The molecular formula is C11H23N3O2S. The molecule has 2 atom stereocenters. The van der Waals surface area contributed by atoms with Gasteiger partial charge in [0.15, 0.2) is 0 Å². The number of hydrogen-bond donors (Lipinski definition) is 3. The van der Waals surface area contributed by atoms with Crippen molar-refractivity contribution < 1.29 is 8.42 Å². The lowest BCUT2D eigenvalue weighted by molar-refractivity contribution is 0.190. The van der Waals surface area contributed by atoms with E-state index in [-0.39, 0.29) is 6.04 Å². The van der Waals surface area contributed by atoms with Crippen LogP contribution < -0.4 is 15.2 Å². The molecule has 17 heavy (non-hydrogen) atoms. The Morgan fingerprint density at radius 3 is 2.53 bits per heavy atom. The van der Waals surface area contributed by atoms with Crippen molar-refractivity contribution in [2.45, 2.75) is 57.0 Å². The molecule has 100 valence electrons. The van der Waals surface area contributed by atoms with Crippen LogP contribution in [0.25, 0.3) is 0 Å². The molecule has 0 radical (unpaired) electrons. The van der Waals surface area contributed by atoms with Crippen molar-refractivity contribution >= 4 is 10.2 Å². The molecule has 0 spiro atoms. The van der Waals surface area contributed by atoms with Crippen LogP contribution in [0.4, 0.5) is 0 Å². The van der Waals surface area contributed by atoms with Crippen molar-refractivity contribution in [3.63, 3.8) is 0 Å². The first-order valence-corrected chi connectivity index (χ1v) is 7.97. The molecule has 2 rings (SSSR count). The van der Waals surface area contributed by atoms with E-state index in [1.807, 2.05) is 0 Å². The Morgan fingerprint density at radius 1 is 1.29 bits per heavy atom. The van der Waals surface area contributed by atoms with Gasteiger partial charge in [0.25, 0.3) is 10.2 Å². The van der Waals surface area contributed by atoms with E-state index in [0.29, 0.717) is 12.5 Å². The predicted molar refractivity (Wildman–Crippen MR) is 67.6 cm³/mol. The zero-order chi connectivity index (χ0) is 12.5. The number of nitrogens with one attached hydrogen (secondary N) is 2. The maximum atomic E-state index is 12.0. The van der Waals surface area contributed by atoms with E-state index in [0.717, 1.165) is 32.1 Å². The van der Waals surface area contributed by atoms with Gasteiger partial charge in [0.2, 0.25) is 0 Å². The van der Waals surface area contributed by atoms with Crippen molar-refractivity contribution in [2.24, 2.45) is 11.7 Å². The van der Waals surface area contributed by atoms with Crippen LogP contribution in [0.15, 0.2) is 0 Å². The van der Waals surface area contributed by atoms with Crippen molar-refractivity contribution in [3.8, 4) is 0 Å². The van der Waals surface area contributed by atoms with Crippen molar-refractivity contribution in [3.05, 3.63) is 0 Å². The zero-order valence-electron chi connectivity index (χ0n) is 10.4. The number of hydrogen-bond acceptors (Lipinski definition) is 3. The van der Waals surface area contributed by atoms with Crippen LogP contribution in [0.3, 0.4) is 0 Å². The molecule has 0 aromatic rings. The highest BCUT2D eigenvalue weighted by Gasteiger charge is 2.41. The van der Waals surface area contributed by atoms with Crippen LogP contribution in [0.2, 0.25) is 0 Å². The van der Waals surface area contributed by atoms with Gasteiger partial charge < -0.3 is 5.73 Å². The molecule has 0 saturated heterocycles. The largest absolute Gasteiger partial charge is 0.329 e. The van der Waals surface area contributed by atoms with Gasteiger partial charge in [-0.15, -0.1) is 0 Å². The summed E-state index contributed by atoms with van der Waals surface area (Å²) in [5.74, 6) is 0.303. The van der Waals surface area contributed by atoms with E-state index in [1.165, 1.54) is 6.42 Å². The third-order valence-corrected chi connectivity index (χ3v) is 5.37. The van der Waals surface area contributed by atoms with Crippen LogP contribution in [-0.2, 0) is 10.2 Å². The molecule has 2 saturated carbocycles. The summed E-state index contributed by atoms with van der Waals surface area (Å²) in [7, 11) is -3.40. The standard InChI is InChI=1S/C11H23N3O2S/c1-9-4-2-3-7-11(9,8-12)14-17(15,16)13-10-5-6-10/h9-10,13-14H,2-8,12H2,1H3. The molecule has 6 heteroatoms. The van der Waals surface area contributed by atoms with Crippen LogP contribution in [-0.4, -0.2) is 26.5 Å². The summed E-state index contributed by atoms with van der Waals surface area (Å²) in [6.45, 7) is 2.46. The molecule has 5 nitrogen and oxygen atoms in total. The van der Waals surface area contributed by atoms with Gasteiger partial charge in [-0.3, -0.25) is 0 Å². The molecule has 0 amide bonds. The van der Waals surface area contributed by atoms with E-state index in [4.69, 9.17) is 5.73 Å². The van der Waals surface area contributed by atoms with Gasteiger partial charge in [-0.1, -0.05) is 19.8 Å². The Balaban J connectivity index is 2.06. The highest BCUT2D eigenvalue weighted by Crippen LogP contribution is 2.33. The first-order chi connectivity index (χ1) is 7.97. The van der Waals surface area contributed by atoms with Crippen LogP contribution >= 0.6 is 0 Å². The molecule has 2 aliphatic carbocycles. The Labute approximate surface area is 104 Å². The SMILES string of the molecule is CC1CCCCC1(CN)NS(=O)(=O)NC1CC1. The average molecular weight is 261 g/mol. The minimum Gasteiger partial charge on any atom is -0.329 e. The molecular weight excluding hydrogens is 238 g/mol. The van der Waals surface area contributed by atoms with E-state index in [2.05, 4.69) is 16.4 Å². The topological polar surface area (TPSA) is 84.2 Å². The molecule has 0 aliphatic heterocycles. The molecule has 2 fully saturated rings. The average Bonchev–Trinajstić information content (AvgIpc) is 3.04. The molecule has 2 unspecified atom stereocenters. The summed E-state index contributed by atoms with van der Waals surface area (Å²) in [5, 5.41) is 0. The fraction of sp³-hybridized carbons (Fsp3) is 1.00. The number of rotatable bonds is 5. The lowest BCUT2D eigenvalue weighted by Gasteiger charge is -2.42. The first-order valence-electron chi connectivity index (χ1n) is 6.49. The molecule has 0 heterocycles. The molecule has 0 aromatic carbocycles. The van der Waals surface area contributed by atoms with E-state index < -0.39 is 15.7 Å². The summed E-state index contributed by atoms with van der Waals surface area (Å²) in [4.78, 5) is 0. The van der Waals surface area contributed by atoms with Crippen LogP contribution in [0, 0.1) is 5.92 Å². The second-order valence-electron chi connectivity index (χ2n) is 5.50. The monoisotopic (exact) mass is 261 g/mol. The quantitative estimate of drug-likeness (QED) is 0.673. The predicted octanol–water partition coefficient (Wildman–Crippen LogP) is 0.480. The lowest BCUT2D eigenvalue weighted by atomic mass is 9.74. The summed E-state index contributed by atoms with van der Waals surface area (Å²) >= 11 is 0. The van der Waals surface area contributed by atoms with Crippen LogP contribution in [0.5, 0.6) is 0 Å². The summed E-state index contributed by atoms with van der Waals surface area (Å²) in [6, 6.07) is 0.140. The van der Waals surface area contributed by atoms with Gasteiger partial charge in [-0.25, -0.2) is 0 Å². The summed E-state index contributed by atoms with van der Waals surface area (Å²) in [6.07, 6.45) is 6.01. The van der Waals surface area contributed by atoms with Gasteiger partial charge in [0, 0.05) is 18.1 Å². The third-order valence-electron chi connectivity index (χ3n) is 4.05. The highest BCUT2D eigenvalue weighted by atomic mass is 32.2. The fourth-order valence-electron chi connectivity index (χ4n) is 2.63. The van der Waals surface area contributed by atoms with Gasteiger partial charge >= 0.3 is 0 Å². The number of nitrogens with two attached hydrogens (primary N) is 1. The van der Waals surface area contributed by atoms with Crippen molar-refractivity contribution in [1.82, 2.24) is 9.44 Å². The minimum absolute atomic E-state index is 0.140. The van der Waals surface area contributed by atoms with E-state index in [1.54, 1.807) is 0 Å². The Hall–Kier alpha value is -0.170. The van der Waals surface area contributed by atoms with E-state index in [9.17, 15) is 8.42 Å². The lowest BCUT2D eigenvalue weighted by Crippen LogP contribution is -2.61. The summed E-state index contributed by atoms with van der Waals surface area (Å²) in [5.41, 5.74) is 5.38. The van der Waals surface area contributed by atoms with Crippen molar-refractivity contribution in [1.29, 1.82) is 0 Å². The van der Waals surface area contributed by atoms with Gasteiger partial charge in [0.05, 0.1) is 0 Å². The fourth-order valence-corrected chi connectivity index (χ4v) is 4.28. The molecule has 0 aromatic heterocycles. The van der Waals surface area contributed by atoms with Gasteiger partial charge in [-0.05, 0) is 31.6 Å². The second kappa shape index (κ2) is 4.84. The van der Waals surface area contributed by atoms with Gasteiger partial charge in [-0.2, -0.15) is 17.9 Å². The third kappa shape index (κ3) is 3.19. The molecule has 2 aliphatic rings. The first kappa shape index (κ1) is 13.3. The minimum atomic E-state index is -3.40. The Bertz CT molecular complexity index is 367. The normalized spacial score (nSPS) is 34.8. The molecule has 0 bridgehead atoms. The Morgan fingerprint density at radius 2 is 2.00 bits per heavy atom. The van der Waals surface area contributed by atoms with Gasteiger partial charge in [0.1, 0.15) is 0 Å². The highest BCUT2D eigenvalue weighted by molar-refractivity contribution is 7.87.